The van der Waals surface area contributed by atoms with Gasteiger partial charge in [-0.2, -0.15) is 5.10 Å². The van der Waals surface area contributed by atoms with Gasteiger partial charge in [-0.1, -0.05) is 46.3 Å². The number of amides is 1. The van der Waals surface area contributed by atoms with Gasteiger partial charge in [0.25, 0.3) is 0 Å². The molecule has 1 N–H and O–H groups in total. The molecule has 2 heterocycles. The highest BCUT2D eigenvalue weighted by molar-refractivity contribution is 9.10. The van der Waals surface area contributed by atoms with Crippen LogP contribution in [0.1, 0.15) is 18.9 Å². The first-order valence-electron chi connectivity index (χ1n) is 9.81. The Morgan fingerprint density at radius 2 is 1.73 bits per heavy atom. The Labute approximate surface area is 182 Å². The van der Waals surface area contributed by atoms with Crippen LogP contribution in [0.25, 0.3) is 11.0 Å². The van der Waals surface area contributed by atoms with Crippen molar-refractivity contribution in [2.24, 2.45) is 0 Å². The van der Waals surface area contributed by atoms with Crippen LogP contribution in [-0.4, -0.2) is 24.8 Å². The summed E-state index contributed by atoms with van der Waals surface area (Å²) in [6.45, 7) is 3.38. The fourth-order valence-corrected chi connectivity index (χ4v) is 3.98. The Kier molecular flexibility index (Phi) is 5.85. The van der Waals surface area contributed by atoms with E-state index in [9.17, 15) is 9.59 Å². The average Bonchev–Trinajstić information content (AvgIpc) is 3.29. The van der Waals surface area contributed by atoms with E-state index in [1.165, 1.54) is 0 Å². The third-order valence-electron chi connectivity index (χ3n) is 5.07. The molecule has 1 amide bonds. The topological polar surface area (TPSA) is 73.8 Å². The van der Waals surface area contributed by atoms with Crippen LogP contribution in [0, 0.1) is 0 Å². The number of aryl methyl sites for hydroxylation is 2. The number of halogens is 1. The molecule has 154 valence electrons. The molecule has 0 spiro atoms. The largest absolute Gasteiger partial charge is 0.329 e. The first-order chi connectivity index (χ1) is 14.6. The maximum atomic E-state index is 12.7. The molecule has 0 saturated carbocycles. The van der Waals surface area contributed by atoms with Crippen molar-refractivity contribution in [1.29, 1.82) is 0 Å². The number of benzene rings is 2. The molecule has 30 heavy (non-hydrogen) atoms. The first kappa shape index (κ1) is 20.2. The molecule has 0 radical (unpaired) electrons. The van der Waals surface area contributed by atoms with Gasteiger partial charge in [0.1, 0.15) is 5.82 Å². The van der Waals surface area contributed by atoms with Crippen LogP contribution in [0.3, 0.4) is 0 Å². The molecule has 8 heteroatoms. The zero-order valence-electron chi connectivity index (χ0n) is 16.6. The van der Waals surface area contributed by atoms with Crippen molar-refractivity contribution in [2.45, 2.75) is 33.0 Å². The summed E-state index contributed by atoms with van der Waals surface area (Å²) in [4.78, 5) is 25.3. The minimum atomic E-state index is -0.163. The number of para-hydroxylation sites is 2. The molecule has 0 aliphatic heterocycles. The molecule has 0 aliphatic carbocycles. The molecule has 0 aliphatic rings. The van der Waals surface area contributed by atoms with E-state index >= 15 is 0 Å². The number of rotatable bonds is 7. The zero-order valence-corrected chi connectivity index (χ0v) is 18.2. The standard InChI is InChI=1S/C22H22BrN5O2/c1-2-26-18-9-5-6-10-19(18)27(22(26)30)14-12-21(29)25-20-11-13-24-28(20)15-16-7-3-4-8-17(16)23/h3-11,13H,2,12,14-15H2,1H3,(H,25,29). The number of fused-ring (bicyclic) bond motifs is 1. The Morgan fingerprint density at radius 1 is 1.03 bits per heavy atom. The third kappa shape index (κ3) is 3.95. The predicted molar refractivity (Wildman–Crippen MR) is 121 cm³/mol. The smallest absolute Gasteiger partial charge is 0.311 e. The van der Waals surface area contributed by atoms with E-state index in [-0.39, 0.29) is 18.0 Å². The quantitative estimate of drug-likeness (QED) is 0.448. The maximum absolute atomic E-state index is 12.7. The summed E-state index contributed by atoms with van der Waals surface area (Å²) in [6, 6.07) is 17.3. The summed E-state index contributed by atoms with van der Waals surface area (Å²) in [5.74, 6) is 0.461. The number of carbonyl (C=O) groups is 1. The van der Waals surface area contributed by atoms with Crippen LogP contribution in [0.4, 0.5) is 5.82 Å². The Morgan fingerprint density at radius 3 is 2.47 bits per heavy atom. The van der Waals surface area contributed by atoms with Crippen molar-refractivity contribution < 1.29 is 4.79 Å². The van der Waals surface area contributed by atoms with Gasteiger partial charge in [-0.15, -0.1) is 0 Å². The van der Waals surface area contributed by atoms with Crippen molar-refractivity contribution in [1.82, 2.24) is 18.9 Å². The van der Waals surface area contributed by atoms with Crippen molar-refractivity contribution in [3.8, 4) is 0 Å². The number of hydrogen-bond acceptors (Lipinski definition) is 3. The van der Waals surface area contributed by atoms with E-state index in [2.05, 4.69) is 26.3 Å². The Bertz CT molecular complexity index is 1250. The molecule has 0 atom stereocenters. The highest BCUT2D eigenvalue weighted by Crippen LogP contribution is 2.19. The highest BCUT2D eigenvalue weighted by atomic mass is 79.9. The van der Waals surface area contributed by atoms with Crippen LogP contribution in [0.2, 0.25) is 0 Å². The van der Waals surface area contributed by atoms with Gasteiger partial charge in [-0.3, -0.25) is 13.9 Å². The number of imidazole rings is 1. The van der Waals surface area contributed by atoms with Gasteiger partial charge in [0.05, 0.1) is 23.8 Å². The van der Waals surface area contributed by atoms with Gasteiger partial charge in [-0.25, -0.2) is 9.48 Å². The number of hydrogen-bond donors (Lipinski definition) is 1. The SMILES string of the molecule is CCn1c(=O)n(CCC(=O)Nc2ccnn2Cc2ccccc2Br)c2ccccc21. The van der Waals surface area contributed by atoms with Gasteiger partial charge in [-0.05, 0) is 30.7 Å². The highest BCUT2D eigenvalue weighted by Gasteiger charge is 2.14. The number of nitrogens with zero attached hydrogens (tertiary/aromatic N) is 4. The van der Waals surface area contributed by atoms with Crippen LogP contribution >= 0.6 is 15.9 Å². The van der Waals surface area contributed by atoms with Gasteiger partial charge in [0, 0.05) is 30.0 Å². The second-order valence-electron chi connectivity index (χ2n) is 6.93. The lowest BCUT2D eigenvalue weighted by molar-refractivity contribution is -0.116. The lowest BCUT2D eigenvalue weighted by atomic mass is 10.2. The molecule has 4 aromatic rings. The third-order valence-corrected chi connectivity index (χ3v) is 5.84. The van der Waals surface area contributed by atoms with Crippen LogP contribution in [0.15, 0.2) is 70.1 Å². The second kappa shape index (κ2) is 8.71. The summed E-state index contributed by atoms with van der Waals surface area (Å²) in [5.41, 5.74) is 2.70. The van der Waals surface area contributed by atoms with Crippen molar-refractivity contribution in [3.05, 3.63) is 81.3 Å². The van der Waals surface area contributed by atoms with E-state index in [0.717, 1.165) is 21.1 Å². The number of aromatic nitrogens is 4. The molecule has 0 unspecified atom stereocenters. The molecule has 0 bridgehead atoms. The first-order valence-corrected chi connectivity index (χ1v) is 10.6. The lowest BCUT2D eigenvalue weighted by Crippen LogP contribution is -2.26. The fraction of sp³-hybridized carbons (Fsp3) is 0.227. The second-order valence-corrected chi connectivity index (χ2v) is 7.79. The van der Waals surface area contributed by atoms with Crippen LogP contribution < -0.4 is 11.0 Å². The van der Waals surface area contributed by atoms with Gasteiger partial charge in [0.15, 0.2) is 0 Å². The molecule has 0 saturated heterocycles. The molecule has 7 nitrogen and oxygen atoms in total. The summed E-state index contributed by atoms with van der Waals surface area (Å²) < 4.78 is 6.12. The van der Waals surface area contributed by atoms with Crippen molar-refractivity contribution >= 4 is 38.7 Å². The number of carbonyl (C=O) groups excluding carboxylic acids is 1. The fourth-order valence-electron chi connectivity index (χ4n) is 3.57. The summed E-state index contributed by atoms with van der Waals surface area (Å²) in [7, 11) is 0. The van der Waals surface area contributed by atoms with Gasteiger partial charge >= 0.3 is 5.69 Å². The Balaban J connectivity index is 1.47. The van der Waals surface area contributed by atoms with E-state index in [0.29, 0.717) is 25.5 Å². The van der Waals surface area contributed by atoms with E-state index in [4.69, 9.17) is 0 Å². The lowest BCUT2D eigenvalue weighted by Gasteiger charge is -2.10. The summed E-state index contributed by atoms with van der Waals surface area (Å²) >= 11 is 3.54. The van der Waals surface area contributed by atoms with Crippen LogP contribution in [-0.2, 0) is 24.4 Å². The number of nitrogens with one attached hydrogen (secondary N) is 1. The minimum Gasteiger partial charge on any atom is -0.311 e. The van der Waals surface area contributed by atoms with E-state index in [1.807, 2.05) is 55.5 Å². The average molecular weight is 468 g/mol. The summed E-state index contributed by atoms with van der Waals surface area (Å²) in [6.07, 6.45) is 1.85. The van der Waals surface area contributed by atoms with Crippen LogP contribution in [0.5, 0.6) is 0 Å². The Hall–Kier alpha value is -3.13. The van der Waals surface area contributed by atoms with E-state index < -0.39 is 0 Å². The van der Waals surface area contributed by atoms with Crippen molar-refractivity contribution in [3.63, 3.8) is 0 Å². The summed E-state index contributed by atoms with van der Waals surface area (Å²) in [5, 5.41) is 7.23. The monoisotopic (exact) mass is 467 g/mol. The molecular weight excluding hydrogens is 446 g/mol. The molecule has 2 aromatic carbocycles. The van der Waals surface area contributed by atoms with Gasteiger partial charge in [0.2, 0.25) is 5.91 Å². The minimum absolute atomic E-state index is 0.0922. The van der Waals surface area contributed by atoms with E-state index in [1.54, 1.807) is 26.1 Å². The molecular formula is C22H22BrN5O2. The molecule has 0 fully saturated rings. The molecule has 4 rings (SSSR count). The van der Waals surface area contributed by atoms with Crippen molar-refractivity contribution in [2.75, 3.05) is 5.32 Å². The zero-order chi connectivity index (χ0) is 21.1. The van der Waals surface area contributed by atoms with Gasteiger partial charge < -0.3 is 5.32 Å². The maximum Gasteiger partial charge on any atom is 0.329 e. The number of anilines is 1. The predicted octanol–water partition coefficient (Wildman–Crippen LogP) is 3.86. The molecule has 2 aromatic heterocycles. The normalized spacial score (nSPS) is 11.1.